The first-order valence-corrected chi connectivity index (χ1v) is 9.85. The third kappa shape index (κ3) is 3.95. The zero-order valence-electron chi connectivity index (χ0n) is 13.1. The van der Waals surface area contributed by atoms with E-state index in [1.54, 1.807) is 13.8 Å². The number of nitrogens with one attached hydrogen (secondary N) is 1. The van der Waals surface area contributed by atoms with E-state index in [9.17, 15) is 8.42 Å². The highest BCUT2D eigenvalue weighted by Gasteiger charge is 2.36. The lowest BCUT2D eigenvalue weighted by atomic mass is 9.98. The van der Waals surface area contributed by atoms with Crippen LogP contribution in [0.5, 0.6) is 0 Å². The highest BCUT2D eigenvalue weighted by Crippen LogP contribution is 2.29. The van der Waals surface area contributed by atoms with Gasteiger partial charge < -0.3 is 5.32 Å². The van der Waals surface area contributed by atoms with E-state index in [1.807, 2.05) is 0 Å². The van der Waals surface area contributed by atoms with Crippen LogP contribution in [0.3, 0.4) is 0 Å². The maximum Gasteiger partial charge on any atom is 0.153 e. The van der Waals surface area contributed by atoms with Gasteiger partial charge in [0.05, 0.1) is 11.0 Å². The number of fused-ring (bicyclic) bond motifs is 2. The van der Waals surface area contributed by atoms with Gasteiger partial charge in [0.2, 0.25) is 0 Å². The molecule has 118 valence electrons. The smallest absolute Gasteiger partial charge is 0.153 e. The van der Waals surface area contributed by atoms with Crippen LogP contribution in [0.25, 0.3) is 0 Å². The Balaban J connectivity index is 1.93. The van der Waals surface area contributed by atoms with Crippen molar-refractivity contribution in [2.75, 3.05) is 18.8 Å². The fourth-order valence-corrected chi connectivity index (χ4v) is 4.53. The molecule has 0 aromatic carbocycles. The number of sulfone groups is 1. The van der Waals surface area contributed by atoms with E-state index in [1.165, 1.54) is 25.7 Å². The van der Waals surface area contributed by atoms with E-state index in [4.69, 9.17) is 0 Å². The number of nitrogens with zero attached hydrogens (tertiary/aromatic N) is 1. The van der Waals surface area contributed by atoms with Gasteiger partial charge in [0.15, 0.2) is 9.84 Å². The van der Waals surface area contributed by atoms with Crippen LogP contribution in [-0.4, -0.2) is 55.5 Å². The van der Waals surface area contributed by atoms with Crippen molar-refractivity contribution in [3.05, 3.63) is 0 Å². The molecule has 4 nitrogen and oxygen atoms in total. The summed E-state index contributed by atoms with van der Waals surface area (Å²) in [6, 6.07) is 1.91. The van der Waals surface area contributed by atoms with Crippen LogP contribution in [-0.2, 0) is 9.84 Å². The Morgan fingerprint density at radius 3 is 2.25 bits per heavy atom. The number of rotatable bonds is 7. The summed E-state index contributed by atoms with van der Waals surface area (Å²) in [5.41, 5.74) is 0. The maximum absolute atomic E-state index is 12.0. The van der Waals surface area contributed by atoms with E-state index >= 15 is 0 Å². The van der Waals surface area contributed by atoms with E-state index in [0.29, 0.717) is 30.4 Å². The minimum Gasteiger partial charge on any atom is -0.311 e. The molecular weight excluding hydrogens is 272 g/mol. The molecule has 2 aliphatic heterocycles. The third-order valence-corrected chi connectivity index (χ3v) is 7.04. The van der Waals surface area contributed by atoms with Crippen LogP contribution in [0.1, 0.15) is 52.9 Å². The molecule has 0 aromatic heterocycles. The Kier molecular flexibility index (Phi) is 5.49. The Hall–Kier alpha value is -0.130. The Bertz CT molecular complexity index is 396. The normalized spacial score (nSPS) is 30.4. The third-order valence-electron chi connectivity index (χ3n) is 4.86. The summed E-state index contributed by atoms with van der Waals surface area (Å²) in [4.78, 5) is 2.44. The second-order valence-electron chi connectivity index (χ2n) is 6.71. The van der Waals surface area contributed by atoms with Gasteiger partial charge >= 0.3 is 0 Å². The zero-order chi connectivity index (χ0) is 14.8. The van der Waals surface area contributed by atoms with Gasteiger partial charge in [-0.15, -0.1) is 0 Å². The monoisotopic (exact) mass is 302 g/mol. The van der Waals surface area contributed by atoms with E-state index in [0.717, 1.165) is 13.0 Å². The first-order chi connectivity index (χ1) is 9.42. The molecule has 0 aromatic rings. The molecule has 0 saturated carbocycles. The van der Waals surface area contributed by atoms with Crippen molar-refractivity contribution < 1.29 is 8.42 Å². The van der Waals surface area contributed by atoms with Crippen LogP contribution in [0, 0.1) is 0 Å². The lowest BCUT2D eigenvalue weighted by Crippen LogP contribution is -2.49. The lowest BCUT2D eigenvalue weighted by Gasteiger charge is -2.37. The van der Waals surface area contributed by atoms with Gasteiger partial charge in [-0.3, -0.25) is 4.90 Å². The fourth-order valence-electron chi connectivity index (χ4n) is 3.57. The van der Waals surface area contributed by atoms with Crippen molar-refractivity contribution in [3.63, 3.8) is 0 Å². The molecule has 2 atom stereocenters. The molecule has 0 spiro atoms. The summed E-state index contributed by atoms with van der Waals surface area (Å²) in [5, 5.41) is 3.41. The van der Waals surface area contributed by atoms with Crippen LogP contribution in [0.2, 0.25) is 0 Å². The zero-order valence-corrected chi connectivity index (χ0v) is 14.0. The van der Waals surface area contributed by atoms with Crippen LogP contribution in [0.15, 0.2) is 0 Å². The first kappa shape index (κ1) is 16.2. The molecule has 20 heavy (non-hydrogen) atoms. The number of hydrogen-bond acceptors (Lipinski definition) is 4. The predicted octanol–water partition coefficient (Wildman–Crippen LogP) is 1.80. The Labute approximate surface area is 124 Å². The van der Waals surface area contributed by atoms with Gasteiger partial charge in [0.25, 0.3) is 0 Å². The predicted molar refractivity (Wildman–Crippen MR) is 83.8 cm³/mol. The van der Waals surface area contributed by atoms with Gasteiger partial charge in [-0.2, -0.15) is 0 Å². The highest BCUT2D eigenvalue weighted by atomic mass is 32.2. The summed E-state index contributed by atoms with van der Waals surface area (Å²) in [6.07, 6.45) is 6.08. The Morgan fingerprint density at radius 1 is 1.15 bits per heavy atom. The molecule has 2 aliphatic rings. The molecule has 0 aliphatic carbocycles. The first-order valence-electron chi connectivity index (χ1n) is 8.14. The largest absolute Gasteiger partial charge is 0.311 e. The van der Waals surface area contributed by atoms with Gasteiger partial charge in [0.1, 0.15) is 0 Å². The molecule has 5 heteroatoms. The molecule has 2 fully saturated rings. The van der Waals surface area contributed by atoms with Crippen molar-refractivity contribution >= 4 is 9.84 Å². The fraction of sp³-hybridized carbons (Fsp3) is 1.00. The molecule has 2 rings (SSSR count). The van der Waals surface area contributed by atoms with Crippen LogP contribution >= 0.6 is 0 Å². The average Bonchev–Trinajstić information content (AvgIpc) is 2.73. The molecule has 2 saturated heterocycles. The van der Waals surface area contributed by atoms with Crippen LogP contribution in [0.4, 0.5) is 0 Å². The summed E-state index contributed by atoms with van der Waals surface area (Å²) in [7, 11) is -2.92. The molecule has 2 bridgehead atoms. The maximum atomic E-state index is 12.0. The van der Waals surface area contributed by atoms with Crippen LogP contribution < -0.4 is 5.32 Å². The SMILES string of the molecule is CCCN(CCS(=O)(=O)C(C)C)C1CC2CCC(C1)N2. The molecule has 0 amide bonds. The van der Waals surface area contributed by atoms with Crippen molar-refractivity contribution in [2.45, 2.75) is 76.3 Å². The van der Waals surface area contributed by atoms with E-state index < -0.39 is 9.84 Å². The number of hydrogen-bond donors (Lipinski definition) is 1. The van der Waals surface area contributed by atoms with E-state index in [2.05, 4.69) is 17.1 Å². The van der Waals surface area contributed by atoms with Crippen molar-refractivity contribution in [1.82, 2.24) is 10.2 Å². The van der Waals surface area contributed by atoms with Gasteiger partial charge in [-0.1, -0.05) is 6.92 Å². The van der Waals surface area contributed by atoms with E-state index in [-0.39, 0.29) is 5.25 Å². The second kappa shape index (κ2) is 6.75. The molecule has 1 N–H and O–H groups in total. The minimum atomic E-state index is -2.92. The minimum absolute atomic E-state index is 0.254. The number of piperidine rings is 1. The van der Waals surface area contributed by atoms with Gasteiger partial charge in [-0.05, 0) is 52.5 Å². The average molecular weight is 302 g/mol. The molecule has 0 radical (unpaired) electrons. The summed E-state index contributed by atoms with van der Waals surface area (Å²) >= 11 is 0. The quantitative estimate of drug-likeness (QED) is 0.779. The Morgan fingerprint density at radius 2 is 1.75 bits per heavy atom. The van der Waals surface area contributed by atoms with Gasteiger partial charge in [0, 0.05) is 24.7 Å². The van der Waals surface area contributed by atoms with Gasteiger partial charge in [-0.25, -0.2) is 8.42 Å². The standard InChI is InChI=1S/C15H30N2O2S/c1-4-7-17(8-9-20(18,19)12(2)3)15-10-13-5-6-14(11-15)16-13/h12-16H,4-11H2,1-3H3. The molecule has 2 unspecified atom stereocenters. The summed E-state index contributed by atoms with van der Waals surface area (Å²) < 4.78 is 24.0. The lowest BCUT2D eigenvalue weighted by molar-refractivity contribution is 0.149. The van der Waals surface area contributed by atoms with Crippen molar-refractivity contribution in [3.8, 4) is 0 Å². The highest BCUT2D eigenvalue weighted by molar-refractivity contribution is 7.92. The summed E-state index contributed by atoms with van der Waals surface area (Å²) in [5.74, 6) is 0.309. The molecular formula is C15H30N2O2S. The molecule has 2 heterocycles. The van der Waals surface area contributed by atoms with Crippen molar-refractivity contribution in [1.29, 1.82) is 0 Å². The second-order valence-corrected chi connectivity index (χ2v) is 9.39. The summed E-state index contributed by atoms with van der Waals surface area (Å²) in [6.45, 7) is 7.48. The topological polar surface area (TPSA) is 49.4 Å². The van der Waals surface area contributed by atoms with Crippen molar-refractivity contribution in [2.24, 2.45) is 0 Å².